The van der Waals surface area contributed by atoms with E-state index in [1.807, 2.05) is 18.2 Å². The third-order valence-electron chi connectivity index (χ3n) is 3.85. The summed E-state index contributed by atoms with van der Waals surface area (Å²) in [6.07, 6.45) is 1.22. The molecule has 7 heteroatoms. The molecule has 1 aliphatic heterocycles. The van der Waals surface area contributed by atoms with Crippen molar-refractivity contribution >= 4 is 11.9 Å². The minimum Gasteiger partial charge on any atom is -0.490 e. The van der Waals surface area contributed by atoms with Gasteiger partial charge in [0.1, 0.15) is 11.3 Å². The summed E-state index contributed by atoms with van der Waals surface area (Å²) in [5.74, 6) is 0.0506. The highest BCUT2D eigenvalue weighted by atomic mass is 16.5. The zero-order valence-electron chi connectivity index (χ0n) is 13.8. The van der Waals surface area contributed by atoms with Crippen molar-refractivity contribution in [2.24, 2.45) is 0 Å². The summed E-state index contributed by atoms with van der Waals surface area (Å²) < 4.78 is 16.5. The predicted octanol–water partition coefficient (Wildman–Crippen LogP) is 2.63. The molecule has 3 rings (SSSR count). The maximum absolute atomic E-state index is 12.2. The molecule has 0 bridgehead atoms. The van der Waals surface area contributed by atoms with Crippen LogP contribution in [0.5, 0.6) is 11.5 Å². The SMILES string of the molecule is CCc1oc(C(=O)NCc2ccc3c(c2)OCCCO3)cc1C(=O)O. The lowest BCUT2D eigenvalue weighted by Gasteiger charge is -2.09. The largest absolute Gasteiger partial charge is 0.490 e. The molecule has 0 fully saturated rings. The molecule has 0 saturated heterocycles. The number of nitrogens with one attached hydrogen (secondary N) is 1. The number of aromatic carboxylic acids is 1. The number of benzene rings is 1. The Morgan fingerprint density at radius 2 is 1.92 bits per heavy atom. The fraction of sp³-hybridized carbons (Fsp3) is 0.333. The number of carboxylic acid groups (broad SMARTS) is 1. The Bertz CT molecular complexity index is 795. The molecule has 25 heavy (non-hydrogen) atoms. The van der Waals surface area contributed by atoms with Crippen LogP contribution in [-0.4, -0.2) is 30.2 Å². The molecular formula is C18H19NO6. The maximum Gasteiger partial charge on any atom is 0.339 e. The molecule has 0 radical (unpaired) electrons. The third-order valence-corrected chi connectivity index (χ3v) is 3.85. The second-order valence-corrected chi connectivity index (χ2v) is 5.62. The number of amides is 1. The van der Waals surface area contributed by atoms with E-state index in [9.17, 15) is 9.59 Å². The summed E-state index contributed by atoms with van der Waals surface area (Å²) >= 11 is 0. The normalized spacial score (nSPS) is 13.2. The van der Waals surface area contributed by atoms with E-state index in [4.69, 9.17) is 19.0 Å². The molecule has 132 valence electrons. The molecule has 2 heterocycles. The third kappa shape index (κ3) is 3.76. The number of hydrogen-bond acceptors (Lipinski definition) is 5. The average molecular weight is 345 g/mol. The molecule has 7 nitrogen and oxygen atoms in total. The molecule has 0 spiro atoms. The topological polar surface area (TPSA) is 98.0 Å². The summed E-state index contributed by atoms with van der Waals surface area (Å²) in [4.78, 5) is 23.4. The van der Waals surface area contributed by atoms with Crippen LogP contribution < -0.4 is 14.8 Å². The second-order valence-electron chi connectivity index (χ2n) is 5.62. The van der Waals surface area contributed by atoms with Gasteiger partial charge in [0.25, 0.3) is 5.91 Å². The van der Waals surface area contributed by atoms with Crippen LogP contribution in [0.2, 0.25) is 0 Å². The van der Waals surface area contributed by atoms with Crippen LogP contribution in [-0.2, 0) is 13.0 Å². The fourth-order valence-electron chi connectivity index (χ4n) is 2.57. The van der Waals surface area contributed by atoms with Gasteiger partial charge in [0.15, 0.2) is 17.3 Å². The van der Waals surface area contributed by atoms with Crippen molar-refractivity contribution in [1.82, 2.24) is 5.32 Å². The Morgan fingerprint density at radius 3 is 2.60 bits per heavy atom. The van der Waals surface area contributed by atoms with Crippen LogP contribution in [0.15, 0.2) is 28.7 Å². The summed E-state index contributed by atoms with van der Waals surface area (Å²) in [6, 6.07) is 6.73. The molecule has 2 N–H and O–H groups in total. The molecular weight excluding hydrogens is 326 g/mol. The highest BCUT2D eigenvalue weighted by Crippen LogP contribution is 2.30. The van der Waals surface area contributed by atoms with Crippen molar-refractivity contribution in [3.63, 3.8) is 0 Å². The summed E-state index contributed by atoms with van der Waals surface area (Å²) in [6.45, 7) is 3.24. The Morgan fingerprint density at radius 1 is 1.16 bits per heavy atom. The molecule has 0 saturated carbocycles. The van der Waals surface area contributed by atoms with Gasteiger partial charge in [-0.3, -0.25) is 4.79 Å². The van der Waals surface area contributed by atoms with Gasteiger partial charge in [0, 0.05) is 25.5 Å². The Balaban J connectivity index is 1.68. The second kappa shape index (κ2) is 7.29. The minimum absolute atomic E-state index is 0.0106. The van der Waals surface area contributed by atoms with Gasteiger partial charge in [-0.25, -0.2) is 4.79 Å². The van der Waals surface area contributed by atoms with E-state index >= 15 is 0 Å². The van der Waals surface area contributed by atoms with Gasteiger partial charge in [0.05, 0.1) is 13.2 Å². The first-order valence-electron chi connectivity index (χ1n) is 8.11. The number of carboxylic acids is 1. The molecule has 0 aliphatic carbocycles. The smallest absolute Gasteiger partial charge is 0.339 e. The summed E-state index contributed by atoms with van der Waals surface area (Å²) in [7, 11) is 0. The van der Waals surface area contributed by atoms with Gasteiger partial charge >= 0.3 is 5.97 Å². The number of furan rings is 1. The van der Waals surface area contributed by atoms with Crippen LogP contribution in [0.25, 0.3) is 0 Å². The molecule has 1 aromatic carbocycles. The first kappa shape index (κ1) is 16.9. The number of aryl methyl sites for hydroxylation is 1. The van der Waals surface area contributed by atoms with E-state index < -0.39 is 11.9 Å². The lowest BCUT2D eigenvalue weighted by Crippen LogP contribution is -2.22. The van der Waals surface area contributed by atoms with Gasteiger partial charge < -0.3 is 24.3 Å². The lowest BCUT2D eigenvalue weighted by atomic mass is 10.2. The Hall–Kier alpha value is -2.96. The van der Waals surface area contributed by atoms with Gasteiger partial charge in [-0.2, -0.15) is 0 Å². The average Bonchev–Trinajstić information content (AvgIpc) is 2.92. The zero-order valence-corrected chi connectivity index (χ0v) is 13.8. The number of carbonyl (C=O) groups excluding carboxylic acids is 1. The van der Waals surface area contributed by atoms with Gasteiger partial charge in [-0.15, -0.1) is 0 Å². The first-order valence-corrected chi connectivity index (χ1v) is 8.11. The van der Waals surface area contributed by atoms with E-state index in [1.54, 1.807) is 6.92 Å². The molecule has 2 aromatic rings. The summed E-state index contributed by atoms with van der Waals surface area (Å²) in [5, 5.41) is 11.8. The van der Waals surface area contributed by atoms with E-state index in [1.165, 1.54) is 6.07 Å². The van der Waals surface area contributed by atoms with Gasteiger partial charge in [-0.1, -0.05) is 13.0 Å². The van der Waals surface area contributed by atoms with Crippen LogP contribution in [0, 0.1) is 0 Å². The highest BCUT2D eigenvalue weighted by molar-refractivity contribution is 5.96. The number of hydrogen-bond donors (Lipinski definition) is 2. The number of ether oxygens (including phenoxy) is 2. The van der Waals surface area contributed by atoms with E-state index in [0.717, 1.165) is 12.0 Å². The number of fused-ring (bicyclic) bond motifs is 1. The fourth-order valence-corrected chi connectivity index (χ4v) is 2.57. The van der Waals surface area contributed by atoms with Gasteiger partial charge in [-0.05, 0) is 17.7 Å². The van der Waals surface area contributed by atoms with E-state index in [0.29, 0.717) is 31.1 Å². The number of rotatable bonds is 5. The van der Waals surface area contributed by atoms with Crippen molar-refractivity contribution in [2.75, 3.05) is 13.2 Å². The molecule has 1 aliphatic rings. The summed E-state index contributed by atoms with van der Waals surface area (Å²) in [5.41, 5.74) is 0.863. The van der Waals surface area contributed by atoms with E-state index in [-0.39, 0.29) is 23.6 Å². The van der Waals surface area contributed by atoms with Crippen molar-refractivity contribution in [2.45, 2.75) is 26.3 Å². The maximum atomic E-state index is 12.2. The van der Waals surface area contributed by atoms with Crippen LogP contribution in [0.1, 0.15) is 45.6 Å². The van der Waals surface area contributed by atoms with Crippen LogP contribution in [0.4, 0.5) is 0 Å². The molecule has 0 atom stereocenters. The Labute approximate surface area is 144 Å². The lowest BCUT2D eigenvalue weighted by molar-refractivity contribution is 0.0694. The van der Waals surface area contributed by atoms with Crippen molar-refractivity contribution in [3.8, 4) is 11.5 Å². The minimum atomic E-state index is -1.11. The van der Waals surface area contributed by atoms with Crippen LogP contribution in [0.3, 0.4) is 0 Å². The van der Waals surface area contributed by atoms with Gasteiger partial charge in [0.2, 0.25) is 0 Å². The Kier molecular flexibility index (Phi) is 4.92. The number of carbonyl (C=O) groups is 2. The highest BCUT2D eigenvalue weighted by Gasteiger charge is 2.20. The van der Waals surface area contributed by atoms with Crippen molar-refractivity contribution < 1.29 is 28.6 Å². The standard InChI is InChI=1S/C18H19NO6/c1-2-13-12(18(21)22)9-16(25-13)17(20)19-10-11-4-5-14-15(8-11)24-7-3-6-23-14/h4-5,8-9H,2-3,6-7,10H2,1H3,(H,19,20)(H,21,22). The molecule has 0 unspecified atom stereocenters. The molecule has 1 aromatic heterocycles. The van der Waals surface area contributed by atoms with E-state index in [2.05, 4.69) is 5.32 Å². The van der Waals surface area contributed by atoms with Crippen molar-refractivity contribution in [1.29, 1.82) is 0 Å². The predicted molar refractivity (Wildman–Crippen MR) is 88.3 cm³/mol. The van der Waals surface area contributed by atoms with Crippen molar-refractivity contribution in [3.05, 3.63) is 46.9 Å². The molecule has 1 amide bonds. The first-order chi connectivity index (χ1) is 12.1. The zero-order chi connectivity index (χ0) is 17.8. The quantitative estimate of drug-likeness (QED) is 0.864. The van der Waals surface area contributed by atoms with Crippen LogP contribution >= 0.6 is 0 Å². The monoisotopic (exact) mass is 345 g/mol.